The zero-order chi connectivity index (χ0) is 18.2. The number of nitrogens with one attached hydrogen (secondary N) is 1. The van der Waals surface area contributed by atoms with E-state index in [1.807, 2.05) is 11.5 Å². The average molecular weight is 360 g/mol. The molecule has 0 saturated carbocycles. The van der Waals surface area contributed by atoms with E-state index in [4.69, 9.17) is 4.74 Å². The largest absolute Gasteiger partial charge is 0.462 e. The standard InChI is InChI=1S/C17H20N4O3S/c1-4-10-21-12(3)19-20-17(21)25-11-15(22)18-14-9-7-6-8-13(14)16(23)24-5-2/h4,6-9H,1,5,10-11H2,2-3H3,(H,18,22). The van der Waals surface area contributed by atoms with Crippen LogP contribution in [0.2, 0.25) is 0 Å². The van der Waals surface area contributed by atoms with Crippen LogP contribution >= 0.6 is 11.8 Å². The van der Waals surface area contributed by atoms with Crippen LogP contribution in [0, 0.1) is 6.92 Å². The molecule has 1 aromatic heterocycles. The van der Waals surface area contributed by atoms with E-state index in [1.54, 1.807) is 37.3 Å². The number of aromatic nitrogens is 3. The van der Waals surface area contributed by atoms with Crippen molar-refractivity contribution >= 4 is 29.3 Å². The van der Waals surface area contributed by atoms with Crippen LogP contribution in [0.3, 0.4) is 0 Å². The molecule has 132 valence electrons. The van der Waals surface area contributed by atoms with Crippen LogP contribution in [0.15, 0.2) is 42.1 Å². The molecule has 0 atom stereocenters. The van der Waals surface area contributed by atoms with Gasteiger partial charge in [0.2, 0.25) is 5.91 Å². The van der Waals surface area contributed by atoms with Crippen molar-refractivity contribution in [3.63, 3.8) is 0 Å². The van der Waals surface area contributed by atoms with E-state index in [-0.39, 0.29) is 18.3 Å². The van der Waals surface area contributed by atoms with E-state index in [0.717, 1.165) is 5.82 Å². The Morgan fingerprint density at radius 1 is 1.36 bits per heavy atom. The highest BCUT2D eigenvalue weighted by Gasteiger charge is 2.15. The van der Waals surface area contributed by atoms with Gasteiger partial charge in [-0.05, 0) is 26.0 Å². The Labute approximate surface area is 150 Å². The highest BCUT2D eigenvalue weighted by molar-refractivity contribution is 7.99. The summed E-state index contributed by atoms with van der Waals surface area (Å²) in [6.45, 7) is 8.13. The molecule has 0 aliphatic heterocycles. The molecule has 1 N–H and O–H groups in total. The van der Waals surface area contributed by atoms with E-state index in [2.05, 4.69) is 22.1 Å². The molecule has 0 aliphatic rings. The number of anilines is 1. The molecular formula is C17H20N4O3S. The number of rotatable bonds is 8. The smallest absolute Gasteiger partial charge is 0.340 e. The lowest BCUT2D eigenvalue weighted by Gasteiger charge is -2.10. The van der Waals surface area contributed by atoms with Crippen LogP contribution < -0.4 is 5.32 Å². The summed E-state index contributed by atoms with van der Waals surface area (Å²) in [6.07, 6.45) is 1.75. The molecule has 0 spiro atoms. The lowest BCUT2D eigenvalue weighted by atomic mass is 10.2. The number of esters is 1. The molecule has 8 heteroatoms. The minimum Gasteiger partial charge on any atom is -0.462 e. The monoisotopic (exact) mass is 360 g/mol. The Hall–Kier alpha value is -2.61. The van der Waals surface area contributed by atoms with Gasteiger partial charge >= 0.3 is 5.97 Å². The first-order valence-electron chi connectivity index (χ1n) is 7.76. The van der Waals surface area contributed by atoms with Gasteiger partial charge in [0.1, 0.15) is 5.82 Å². The normalized spacial score (nSPS) is 10.3. The van der Waals surface area contributed by atoms with Crippen LogP contribution in [-0.4, -0.2) is 39.0 Å². The van der Waals surface area contributed by atoms with Crippen molar-refractivity contribution in [2.24, 2.45) is 0 Å². The van der Waals surface area contributed by atoms with Crippen LogP contribution in [-0.2, 0) is 16.1 Å². The van der Waals surface area contributed by atoms with Crippen LogP contribution in [0.5, 0.6) is 0 Å². The second kappa shape index (κ2) is 9.03. The molecule has 0 bridgehead atoms. The number of hydrogen-bond donors (Lipinski definition) is 1. The number of carbonyl (C=O) groups is 2. The molecule has 0 fully saturated rings. The van der Waals surface area contributed by atoms with Crippen molar-refractivity contribution in [3.8, 4) is 0 Å². The molecule has 0 radical (unpaired) electrons. The zero-order valence-electron chi connectivity index (χ0n) is 14.2. The van der Waals surface area contributed by atoms with E-state index < -0.39 is 5.97 Å². The van der Waals surface area contributed by atoms with Gasteiger partial charge in [-0.2, -0.15) is 0 Å². The maximum absolute atomic E-state index is 12.2. The number of benzene rings is 1. The number of allylic oxidation sites excluding steroid dienone is 1. The van der Waals surface area contributed by atoms with Gasteiger partial charge in [0, 0.05) is 6.54 Å². The van der Waals surface area contributed by atoms with Gasteiger partial charge in [-0.1, -0.05) is 30.0 Å². The second-order valence-electron chi connectivity index (χ2n) is 5.03. The van der Waals surface area contributed by atoms with Crippen molar-refractivity contribution in [1.82, 2.24) is 14.8 Å². The van der Waals surface area contributed by atoms with E-state index in [0.29, 0.717) is 23.0 Å². The Bertz CT molecular complexity index is 773. The van der Waals surface area contributed by atoms with E-state index in [9.17, 15) is 9.59 Å². The van der Waals surface area contributed by atoms with Gasteiger partial charge in [0.15, 0.2) is 5.16 Å². The lowest BCUT2D eigenvalue weighted by Crippen LogP contribution is -2.17. The van der Waals surface area contributed by atoms with Gasteiger partial charge < -0.3 is 14.6 Å². The molecule has 0 aliphatic carbocycles. The summed E-state index contributed by atoms with van der Waals surface area (Å²) in [6, 6.07) is 6.75. The summed E-state index contributed by atoms with van der Waals surface area (Å²) in [5, 5.41) is 11.4. The molecule has 7 nitrogen and oxygen atoms in total. The molecule has 0 unspecified atom stereocenters. The predicted molar refractivity (Wildman–Crippen MR) is 96.7 cm³/mol. The number of thioether (sulfide) groups is 1. The second-order valence-corrected chi connectivity index (χ2v) is 5.97. The number of para-hydroxylation sites is 1. The van der Waals surface area contributed by atoms with Crippen molar-refractivity contribution in [2.75, 3.05) is 17.7 Å². The first-order chi connectivity index (χ1) is 12.1. The molecule has 25 heavy (non-hydrogen) atoms. The quantitative estimate of drug-likeness (QED) is 0.442. The van der Waals surface area contributed by atoms with Gasteiger partial charge in [-0.25, -0.2) is 4.79 Å². The molecule has 1 amide bonds. The van der Waals surface area contributed by atoms with E-state index in [1.165, 1.54) is 11.8 Å². The van der Waals surface area contributed by atoms with Gasteiger partial charge in [0.05, 0.1) is 23.6 Å². The van der Waals surface area contributed by atoms with Crippen molar-refractivity contribution in [2.45, 2.75) is 25.5 Å². The van der Waals surface area contributed by atoms with Gasteiger partial charge in [-0.3, -0.25) is 4.79 Å². The number of ether oxygens (including phenoxy) is 1. The highest BCUT2D eigenvalue weighted by atomic mass is 32.2. The maximum atomic E-state index is 12.2. The van der Waals surface area contributed by atoms with Crippen molar-refractivity contribution in [3.05, 3.63) is 48.3 Å². The minimum absolute atomic E-state index is 0.145. The van der Waals surface area contributed by atoms with Crippen molar-refractivity contribution in [1.29, 1.82) is 0 Å². The highest BCUT2D eigenvalue weighted by Crippen LogP contribution is 2.19. The number of aryl methyl sites for hydroxylation is 1. The SMILES string of the molecule is C=CCn1c(C)nnc1SCC(=O)Nc1ccccc1C(=O)OCC. The Morgan fingerprint density at radius 3 is 2.84 bits per heavy atom. The zero-order valence-corrected chi connectivity index (χ0v) is 15.0. The minimum atomic E-state index is -0.465. The third-order valence-electron chi connectivity index (χ3n) is 3.24. The average Bonchev–Trinajstić information content (AvgIpc) is 2.94. The maximum Gasteiger partial charge on any atom is 0.340 e. The van der Waals surface area contributed by atoms with Crippen LogP contribution in [0.4, 0.5) is 5.69 Å². The Kier molecular flexibility index (Phi) is 6.76. The molecular weight excluding hydrogens is 340 g/mol. The first-order valence-corrected chi connectivity index (χ1v) is 8.74. The summed E-state index contributed by atoms with van der Waals surface area (Å²) in [4.78, 5) is 24.2. The Balaban J connectivity index is 2.02. The van der Waals surface area contributed by atoms with Gasteiger partial charge in [-0.15, -0.1) is 16.8 Å². The van der Waals surface area contributed by atoms with Gasteiger partial charge in [0.25, 0.3) is 0 Å². The summed E-state index contributed by atoms with van der Waals surface area (Å²) in [5.74, 6) is 0.197. The first kappa shape index (κ1) is 18.7. The van der Waals surface area contributed by atoms with Crippen LogP contribution in [0.1, 0.15) is 23.1 Å². The van der Waals surface area contributed by atoms with Crippen molar-refractivity contribution < 1.29 is 14.3 Å². The molecule has 1 aromatic carbocycles. The third-order valence-corrected chi connectivity index (χ3v) is 4.21. The summed E-state index contributed by atoms with van der Waals surface area (Å²) in [5.41, 5.74) is 0.753. The molecule has 1 heterocycles. The third kappa shape index (κ3) is 4.93. The number of amides is 1. The fourth-order valence-corrected chi connectivity index (χ4v) is 2.90. The fraction of sp³-hybridized carbons (Fsp3) is 0.294. The van der Waals surface area contributed by atoms with Crippen LogP contribution in [0.25, 0.3) is 0 Å². The predicted octanol–water partition coefficient (Wildman–Crippen LogP) is 2.68. The molecule has 2 rings (SSSR count). The Morgan fingerprint density at radius 2 is 2.12 bits per heavy atom. The summed E-state index contributed by atoms with van der Waals surface area (Å²) in [7, 11) is 0. The fourth-order valence-electron chi connectivity index (χ4n) is 2.10. The lowest BCUT2D eigenvalue weighted by molar-refractivity contribution is -0.113. The number of carbonyl (C=O) groups excluding carboxylic acids is 2. The topological polar surface area (TPSA) is 86.1 Å². The number of hydrogen-bond acceptors (Lipinski definition) is 6. The summed E-state index contributed by atoms with van der Waals surface area (Å²) >= 11 is 1.27. The number of nitrogens with zero attached hydrogens (tertiary/aromatic N) is 3. The molecule has 0 saturated heterocycles. The summed E-state index contributed by atoms with van der Waals surface area (Å²) < 4.78 is 6.87. The van der Waals surface area contributed by atoms with E-state index >= 15 is 0 Å². The molecule has 2 aromatic rings.